The Morgan fingerprint density at radius 3 is 2.13 bits per heavy atom. The molecule has 7 heteroatoms. The maximum absolute atomic E-state index is 12.0. The molecular weight excluding hydrogens is 384 g/mol. The van der Waals surface area contributed by atoms with Crippen molar-refractivity contribution in [1.29, 1.82) is 0 Å². The number of carbonyl (C=O) groups excluding carboxylic acids is 2. The van der Waals surface area contributed by atoms with Crippen molar-refractivity contribution in [3.8, 4) is 0 Å². The summed E-state index contributed by atoms with van der Waals surface area (Å²) in [5, 5.41) is 9.09. The molecule has 172 valence electrons. The third-order valence-electron chi connectivity index (χ3n) is 5.85. The minimum Gasteiger partial charge on any atom is -0.481 e. The summed E-state index contributed by atoms with van der Waals surface area (Å²) >= 11 is 0. The van der Waals surface area contributed by atoms with E-state index in [0.29, 0.717) is 19.6 Å². The number of carbonyl (C=O) groups is 3. The zero-order chi connectivity index (χ0) is 22.8. The summed E-state index contributed by atoms with van der Waals surface area (Å²) in [6, 6.07) is -0.267. The molecule has 0 saturated carbocycles. The molecule has 1 N–H and O–H groups in total. The fourth-order valence-electron chi connectivity index (χ4n) is 3.55. The van der Waals surface area contributed by atoms with Crippen LogP contribution in [0.2, 0.25) is 0 Å². The van der Waals surface area contributed by atoms with Gasteiger partial charge >= 0.3 is 12.0 Å². The molecular formula is C23H40N2O5. The molecule has 1 heterocycles. The summed E-state index contributed by atoms with van der Waals surface area (Å²) in [4.78, 5) is 37.7. The first-order valence-electron chi connectivity index (χ1n) is 11.0. The van der Waals surface area contributed by atoms with Crippen molar-refractivity contribution in [3.05, 3.63) is 12.8 Å². The molecule has 0 radical (unpaired) electrons. The van der Waals surface area contributed by atoms with E-state index in [4.69, 9.17) is 9.84 Å². The molecule has 0 aromatic heterocycles. The Morgan fingerprint density at radius 1 is 1.03 bits per heavy atom. The van der Waals surface area contributed by atoms with E-state index in [0.717, 1.165) is 51.6 Å². The van der Waals surface area contributed by atoms with Crippen LogP contribution in [-0.4, -0.2) is 59.1 Å². The Hall–Kier alpha value is -1.89. The number of unbranched alkanes of at least 4 members (excludes halogenated alkanes) is 2. The van der Waals surface area contributed by atoms with Gasteiger partial charge in [0.15, 0.2) is 0 Å². The summed E-state index contributed by atoms with van der Waals surface area (Å²) in [6.07, 6.45) is 8.73. The fourth-order valence-corrected chi connectivity index (χ4v) is 3.55. The van der Waals surface area contributed by atoms with Gasteiger partial charge in [-0.1, -0.05) is 33.3 Å². The molecule has 30 heavy (non-hydrogen) atoms. The number of aliphatic carboxylic acids is 1. The lowest BCUT2D eigenvalue weighted by atomic mass is 9.82. The number of imide groups is 1. The van der Waals surface area contributed by atoms with Crippen molar-refractivity contribution in [1.82, 2.24) is 9.80 Å². The van der Waals surface area contributed by atoms with Gasteiger partial charge in [-0.15, -0.1) is 0 Å². The van der Waals surface area contributed by atoms with E-state index < -0.39 is 11.4 Å². The smallest absolute Gasteiger partial charge is 0.331 e. The Kier molecular flexibility index (Phi) is 10.5. The van der Waals surface area contributed by atoms with Gasteiger partial charge in [-0.05, 0) is 57.8 Å². The van der Waals surface area contributed by atoms with Crippen molar-refractivity contribution in [2.75, 3.05) is 26.3 Å². The van der Waals surface area contributed by atoms with Crippen molar-refractivity contribution >= 4 is 17.9 Å². The Labute approximate surface area is 181 Å². The zero-order valence-electron chi connectivity index (χ0n) is 19.2. The number of hydrogen-bond donors (Lipinski definition) is 1. The first-order chi connectivity index (χ1) is 14.0. The molecule has 1 fully saturated rings. The van der Waals surface area contributed by atoms with Gasteiger partial charge in [-0.2, -0.15) is 0 Å². The van der Waals surface area contributed by atoms with Crippen LogP contribution in [0.5, 0.6) is 0 Å². The van der Waals surface area contributed by atoms with Gasteiger partial charge in [0.2, 0.25) is 0 Å². The number of urea groups is 1. The largest absolute Gasteiger partial charge is 0.481 e. The molecule has 7 nitrogen and oxygen atoms in total. The SMILES string of the molecule is C=CN1CC(=O)N(CCCC(C)(C)CCCCOCCCCC(C)(C)C(=O)O)C1=O. The quantitative estimate of drug-likeness (QED) is 0.287. The molecule has 0 aromatic rings. The summed E-state index contributed by atoms with van der Waals surface area (Å²) < 4.78 is 5.67. The highest BCUT2D eigenvalue weighted by atomic mass is 16.5. The van der Waals surface area contributed by atoms with Gasteiger partial charge in [0, 0.05) is 26.0 Å². The first kappa shape index (κ1) is 26.1. The standard InChI is InChI=1S/C23H40N2O5/c1-6-24-18-19(26)25(21(24)29)15-11-13-22(2,3)12-7-9-16-30-17-10-8-14-23(4,5)20(27)28/h6H,1,7-18H2,2-5H3,(H,27,28). The van der Waals surface area contributed by atoms with Gasteiger partial charge in [0.25, 0.3) is 5.91 Å². The Morgan fingerprint density at radius 2 is 1.60 bits per heavy atom. The summed E-state index contributed by atoms with van der Waals surface area (Å²) in [6.45, 7) is 13.5. The number of carboxylic acid groups (broad SMARTS) is 1. The van der Waals surface area contributed by atoms with Crippen LogP contribution in [0.3, 0.4) is 0 Å². The minimum atomic E-state index is -0.747. The van der Waals surface area contributed by atoms with Crippen LogP contribution in [0, 0.1) is 10.8 Å². The van der Waals surface area contributed by atoms with Crippen molar-refractivity contribution in [3.63, 3.8) is 0 Å². The molecule has 3 amide bonds. The van der Waals surface area contributed by atoms with Gasteiger partial charge in [0.1, 0.15) is 6.54 Å². The molecule has 1 aliphatic rings. The van der Waals surface area contributed by atoms with E-state index in [1.54, 1.807) is 13.8 Å². The van der Waals surface area contributed by atoms with Gasteiger partial charge in [0.05, 0.1) is 5.41 Å². The molecule has 0 bridgehead atoms. The lowest BCUT2D eigenvalue weighted by Gasteiger charge is -2.25. The molecule has 1 saturated heterocycles. The maximum Gasteiger partial charge on any atom is 0.331 e. The van der Waals surface area contributed by atoms with Gasteiger partial charge in [-0.25, -0.2) is 4.79 Å². The van der Waals surface area contributed by atoms with Crippen molar-refractivity contribution in [2.45, 2.75) is 79.1 Å². The minimum absolute atomic E-state index is 0.100. The third-order valence-corrected chi connectivity index (χ3v) is 5.85. The summed E-state index contributed by atoms with van der Waals surface area (Å²) in [7, 11) is 0. The normalized spacial score (nSPS) is 15.2. The second-order valence-corrected chi connectivity index (χ2v) is 9.62. The molecule has 0 atom stereocenters. The van der Waals surface area contributed by atoms with E-state index >= 15 is 0 Å². The van der Waals surface area contributed by atoms with Crippen molar-refractivity contribution < 1.29 is 24.2 Å². The van der Waals surface area contributed by atoms with E-state index in [1.807, 2.05) is 0 Å². The van der Waals surface area contributed by atoms with E-state index in [-0.39, 0.29) is 23.9 Å². The summed E-state index contributed by atoms with van der Waals surface area (Å²) in [5.74, 6) is -0.898. The number of ether oxygens (including phenoxy) is 1. The molecule has 1 aliphatic heterocycles. The summed E-state index contributed by atoms with van der Waals surface area (Å²) in [5.41, 5.74) is -0.502. The predicted octanol–water partition coefficient (Wildman–Crippen LogP) is 4.67. The van der Waals surface area contributed by atoms with E-state index in [2.05, 4.69) is 20.4 Å². The monoisotopic (exact) mass is 424 g/mol. The number of carboxylic acids is 1. The number of rotatable bonds is 16. The highest BCUT2D eigenvalue weighted by molar-refractivity contribution is 6.02. The van der Waals surface area contributed by atoms with E-state index in [1.165, 1.54) is 16.0 Å². The zero-order valence-corrected chi connectivity index (χ0v) is 19.2. The topological polar surface area (TPSA) is 87.2 Å². The number of amides is 3. The van der Waals surface area contributed by atoms with Crippen LogP contribution < -0.4 is 0 Å². The number of hydrogen-bond acceptors (Lipinski definition) is 4. The predicted molar refractivity (Wildman–Crippen MR) is 117 cm³/mol. The molecule has 0 aromatic carbocycles. The molecule has 1 rings (SSSR count). The van der Waals surface area contributed by atoms with Crippen LogP contribution in [0.25, 0.3) is 0 Å². The van der Waals surface area contributed by atoms with Crippen LogP contribution >= 0.6 is 0 Å². The van der Waals surface area contributed by atoms with Crippen LogP contribution in [0.4, 0.5) is 4.79 Å². The van der Waals surface area contributed by atoms with Gasteiger partial charge in [-0.3, -0.25) is 19.4 Å². The van der Waals surface area contributed by atoms with Crippen LogP contribution in [-0.2, 0) is 14.3 Å². The first-order valence-corrected chi connectivity index (χ1v) is 11.0. The van der Waals surface area contributed by atoms with Gasteiger partial charge < -0.3 is 9.84 Å². The lowest BCUT2D eigenvalue weighted by Crippen LogP contribution is -2.32. The molecule has 0 aliphatic carbocycles. The fraction of sp³-hybridized carbons (Fsp3) is 0.783. The average Bonchev–Trinajstić information content (AvgIpc) is 2.93. The van der Waals surface area contributed by atoms with Crippen molar-refractivity contribution in [2.24, 2.45) is 10.8 Å². The number of nitrogens with zero attached hydrogens (tertiary/aromatic N) is 2. The third kappa shape index (κ3) is 8.86. The maximum atomic E-state index is 12.0. The molecule has 0 unspecified atom stereocenters. The van der Waals surface area contributed by atoms with Crippen LogP contribution in [0.1, 0.15) is 79.1 Å². The molecule has 0 spiro atoms. The average molecular weight is 425 g/mol. The second-order valence-electron chi connectivity index (χ2n) is 9.62. The lowest BCUT2D eigenvalue weighted by molar-refractivity contribution is -0.147. The highest BCUT2D eigenvalue weighted by Crippen LogP contribution is 2.29. The highest BCUT2D eigenvalue weighted by Gasteiger charge is 2.34. The second kappa shape index (κ2) is 12.1. The van der Waals surface area contributed by atoms with Crippen LogP contribution in [0.15, 0.2) is 12.8 Å². The Bertz CT molecular complexity index is 600. The van der Waals surface area contributed by atoms with E-state index in [9.17, 15) is 14.4 Å². The Balaban J connectivity index is 2.08.